The lowest BCUT2D eigenvalue weighted by Gasteiger charge is -2.11. The van der Waals surface area contributed by atoms with Crippen molar-refractivity contribution in [2.45, 2.75) is 17.7 Å². The van der Waals surface area contributed by atoms with Crippen LogP contribution in [0, 0.1) is 0 Å². The first-order chi connectivity index (χ1) is 14.3. The number of fused-ring (bicyclic) bond motifs is 1. The van der Waals surface area contributed by atoms with E-state index in [2.05, 4.69) is 20.1 Å². The molecule has 0 unspecified atom stereocenters. The molecule has 1 amide bonds. The van der Waals surface area contributed by atoms with Crippen LogP contribution in [0.2, 0.25) is 0 Å². The summed E-state index contributed by atoms with van der Waals surface area (Å²) in [5.74, 6) is -0.116. The van der Waals surface area contributed by atoms with E-state index in [0.717, 1.165) is 11.1 Å². The summed E-state index contributed by atoms with van der Waals surface area (Å²) in [6.45, 7) is 0.606. The van der Waals surface area contributed by atoms with E-state index in [1.807, 2.05) is 0 Å². The van der Waals surface area contributed by atoms with Gasteiger partial charge in [-0.3, -0.25) is 19.3 Å². The Bertz CT molecular complexity index is 1340. The molecule has 0 aliphatic carbocycles. The topological polar surface area (TPSA) is 123 Å². The van der Waals surface area contributed by atoms with Gasteiger partial charge < -0.3 is 5.32 Å². The summed E-state index contributed by atoms with van der Waals surface area (Å²) in [6.07, 6.45) is 1.40. The number of carbonyl (C=O) groups is 1. The van der Waals surface area contributed by atoms with Crippen LogP contribution >= 0.6 is 0 Å². The summed E-state index contributed by atoms with van der Waals surface area (Å²) < 4.78 is 28.8. The Labute approximate surface area is 172 Å². The third-order valence-electron chi connectivity index (χ3n) is 4.70. The SMILES string of the molecule is Cn1nc(C(=O)Nc2cccc(S(=O)(=O)NC3=NCCC3)c2)c2ccccc2c1=O. The second-order valence-corrected chi connectivity index (χ2v) is 8.52. The van der Waals surface area contributed by atoms with Crippen molar-refractivity contribution in [2.75, 3.05) is 11.9 Å². The average Bonchev–Trinajstić information content (AvgIpc) is 3.23. The molecule has 9 nitrogen and oxygen atoms in total. The van der Waals surface area contributed by atoms with Crippen molar-refractivity contribution in [3.63, 3.8) is 0 Å². The van der Waals surface area contributed by atoms with Gasteiger partial charge in [-0.2, -0.15) is 5.10 Å². The molecule has 0 bridgehead atoms. The number of nitrogens with one attached hydrogen (secondary N) is 2. The largest absolute Gasteiger partial charge is 0.321 e. The van der Waals surface area contributed by atoms with Crippen molar-refractivity contribution in [1.82, 2.24) is 14.5 Å². The molecule has 30 heavy (non-hydrogen) atoms. The van der Waals surface area contributed by atoms with Gasteiger partial charge in [0.05, 0.1) is 10.3 Å². The molecule has 4 rings (SSSR count). The van der Waals surface area contributed by atoms with Gasteiger partial charge in [0.25, 0.3) is 21.5 Å². The number of hydrogen-bond acceptors (Lipinski definition) is 6. The van der Waals surface area contributed by atoms with Crippen molar-refractivity contribution in [3.05, 3.63) is 64.6 Å². The minimum Gasteiger partial charge on any atom is -0.321 e. The second-order valence-electron chi connectivity index (χ2n) is 6.84. The molecule has 2 N–H and O–H groups in total. The van der Waals surface area contributed by atoms with E-state index in [1.54, 1.807) is 30.3 Å². The summed E-state index contributed by atoms with van der Waals surface area (Å²) in [7, 11) is -2.34. The fourth-order valence-electron chi connectivity index (χ4n) is 3.24. The van der Waals surface area contributed by atoms with Crippen LogP contribution in [0.3, 0.4) is 0 Å². The zero-order valence-corrected chi connectivity index (χ0v) is 16.9. The molecule has 0 radical (unpaired) electrons. The number of benzene rings is 2. The highest BCUT2D eigenvalue weighted by molar-refractivity contribution is 7.90. The maximum Gasteiger partial charge on any atom is 0.276 e. The first-order valence-electron chi connectivity index (χ1n) is 9.29. The van der Waals surface area contributed by atoms with Crippen LogP contribution in [0.5, 0.6) is 0 Å². The van der Waals surface area contributed by atoms with Crippen LogP contribution in [0.15, 0.2) is 63.2 Å². The lowest BCUT2D eigenvalue weighted by atomic mass is 10.1. The zero-order valence-electron chi connectivity index (χ0n) is 16.1. The summed E-state index contributed by atoms with van der Waals surface area (Å²) in [6, 6.07) is 12.6. The van der Waals surface area contributed by atoms with E-state index >= 15 is 0 Å². The van der Waals surface area contributed by atoms with Gasteiger partial charge in [-0.05, 0) is 30.7 Å². The number of aromatic nitrogens is 2. The van der Waals surface area contributed by atoms with Crippen molar-refractivity contribution in [1.29, 1.82) is 0 Å². The molecule has 0 spiro atoms. The predicted octanol–water partition coefficient (Wildman–Crippen LogP) is 1.66. The molecule has 0 fully saturated rings. The molecule has 1 aromatic heterocycles. The molecular weight excluding hydrogens is 406 g/mol. The lowest BCUT2D eigenvalue weighted by molar-refractivity contribution is 0.102. The molecule has 2 aromatic carbocycles. The van der Waals surface area contributed by atoms with Crippen LogP contribution in [0.1, 0.15) is 23.3 Å². The van der Waals surface area contributed by atoms with E-state index in [0.29, 0.717) is 29.6 Å². The molecule has 3 aromatic rings. The van der Waals surface area contributed by atoms with Crippen LogP contribution in [0.4, 0.5) is 5.69 Å². The van der Waals surface area contributed by atoms with Gasteiger partial charge in [-0.1, -0.05) is 24.3 Å². The van der Waals surface area contributed by atoms with Gasteiger partial charge in [0.15, 0.2) is 5.69 Å². The van der Waals surface area contributed by atoms with E-state index in [1.165, 1.54) is 25.2 Å². The van der Waals surface area contributed by atoms with Crippen LogP contribution < -0.4 is 15.6 Å². The smallest absolute Gasteiger partial charge is 0.276 e. The van der Waals surface area contributed by atoms with E-state index in [4.69, 9.17) is 0 Å². The monoisotopic (exact) mass is 425 g/mol. The first-order valence-corrected chi connectivity index (χ1v) is 10.8. The summed E-state index contributed by atoms with van der Waals surface area (Å²) in [5, 5.41) is 7.54. The van der Waals surface area contributed by atoms with Gasteiger partial charge in [0.1, 0.15) is 5.84 Å². The molecule has 0 atom stereocenters. The standard InChI is InChI=1S/C20H19N5O4S/c1-25-20(27)16-9-3-2-8-15(16)18(23-25)19(26)22-13-6-4-7-14(12-13)30(28,29)24-17-10-5-11-21-17/h2-4,6-9,12H,5,10-11H2,1H3,(H,21,24)(H,22,26). The van der Waals surface area contributed by atoms with Crippen molar-refractivity contribution >= 4 is 38.2 Å². The molecule has 0 saturated carbocycles. The van der Waals surface area contributed by atoms with E-state index in [9.17, 15) is 18.0 Å². The fourth-order valence-corrected chi connectivity index (χ4v) is 4.37. The second kappa shape index (κ2) is 7.71. The Balaban J connectivity index is 1.64. The molecular formula is C20H19N5O4S. The number of anilines is 1. The highest BCUT2D eigenvalue weighted by Gasteiger charge is 2.20. The molecule has 1 aliphatic heterocycles. The Kier molecular flexibility index (Phi) is 5.08. The Morgan fingerprint density at radius 3 is 2.60 bits per heavy atom. The number of carbonyl (C=O) groups excluding carboxylic acids is 1. The average molecular weight is 425 g/mol. The lowest BCUT2D eigenvalue weighted by Crippen LogP contribution is -2.29. The summed E-state index contributed by atoms with van der Waals surface area (Å²) >= 11 is 0. The van der Waals surface area contributed by atoms with E-state index in [-0.39, 0.29) is 21.8 Å². The molecule has 2 heterocycles. The van der Waals surface area contributed by atoms with Crippen LogP contribution in [0.25, 0.3) is 10.8 Å². The van der Waals surface area contributed by atoms with Crippen molar-refractivity contribution in [3.8, 4) is 0 Å². The third kappa shape index (κ3) is 3.81. The zero-order chi connectivity index (χ0) is 21.3. The Hall–Kier alpha value is -3.53. The molecule has 1 aliphatic rings. The highest BCUT2D eigenvalue weighted by atomic mass is 32.2. The molecule has 10 heteroatoms. The molecule has 0 saturated heterocycles. The molecule has 154 valence electrons. The number of aliphatic imine (C=N–C) groups is 1. The fraction of sp³-hybridized carbons (Fsp3) is 0.200. The number of sulfonamides is 1. The minimum absolute atomic E-state index is 0.00757. The quantitative estimate of drug-likeness (QED) is 0.658. The summed E-state index contributed by atoms with van der Waals surface area (Å²) in [5.41, 5.74) is 0.0477. The number of aryl methyl sites for hydroxylation is 1. The maximum absolute atomic E-state index is 12.9. The number of hydrogen-bond donors (Lipinski definition) is 2. The van der Waals surface area contributed by atoms with Gasteiger partial charge >= 0.3 is 0 Å². The Morgan fingerprint density at radius 2 is 1.87 bits per heavy atom. The number of amides is 1. The van der Waals surface area contributed by atoms with Crippen molar-refractivity contribution in [2.24, 2.45) is 12.0 Å². The number of rotatable bonds is 4. The van der Waals surface area contributed by atoms with Gasteiger partial charge in [-0.15, -0.1) is 0 Å². The maximum atomic E-state index is 12.9. The van der Waals surface area contributed by atoms with Crippen LogP contribution in [-0.4, -0.2) is 36.5 Å². The highest BCUT2D eigenvalue weighted by Crippen LogP contribution is 2.19. The van der Waals surface area contributed by atoms with Crippen LogP contribution in [-0.2, 0) is 17.1 Å². The third-order valence-corrected chi connectivity index (χ3v) is 6.08. The first kappa shape index (κ1) is 19.8. The van der Waals surface area contributed by atoms with Crippen molar-refractivity contribution < 1.29 is 13.2 Å². The summed E-state index contributed by atoms with van der Waals surface area (Å²) in [4.78, 5) is 29.2. The van der Waals surface area contributed by atoms with Gasteiger partial charge in [0.2, 0.25) is 0 Å². The predicted molar refractivity (Wildman–Crippen MR) is 113 cm³/mol. The number of nitrogens with zero attached hydrogens (tertiary/aromatic N) is 3. The van der Waals surface area contributed by atoms with Gasteiger partial charge in [-0.25, -0.2) is 13.1 Å². The number of amidine groups is 1. The minimum atomic E-state index is -3.81. The van der Waals surface area contributed by atoms with Gasteiger partial charge in [0, 0.05) is 31.1 Å². The Morgan fingerprint density at radius 1 is 1.10 bits per heavy atom. The normalized spacial score (nSPS) is 13.8. The van der Waals surface area contributed by atoms with E-state index < -0.39 is 15.9 Å².